The molecular weight excluding hydrogens is 275 g/mol. The number of piperidine rings is 1. The van der Waals surface area contributed by atoms with Crippen LogP contribution in [0.3, 0.4) is 0 Å². The summed E-state index contributed by atoms with van der Waals surface area (Å²) in [7, 11) is 0. The minimum Gasteiger partial charge on any atom is -0.506 e. The number of phenolic OH excluding ortho intramolecular Hbond substituents is 1. The molecule has 6 heteroatoms. The highest BCUT2D eigenvalue weighted by Gasteiger charge is 2.21. The largest absolute Gasteiger partial charge is 0.506 e. The number of carbonyl (C=O) groups excluding carboxylic acids is 1. The molecule has 0 aromatic heterocycles. The van der Waals surface area contributed by atoms with Gasteiger partial charge in [0.25, 0.3) is 0 Å². The van der Waals surface area contributed by atoms with E-state index in [9.17, 15) is 9.90 Å². The molecule has 1 unspecified atom stereocenters. The smallest absolute Gasteiger partial charge is 0.228 e. The normalized spacial score (nSPS) is 18.8. The molecule has 1 aromatic carbocycles. The maximum absolute atomic E-state index is 11.9. The average Bonchev–Trinajstić information content (AvgIpc) is 2.35. The van der Waals surface area contributed by atoms with Crippen LogP contribution in [-0.2, 0) is 4.79 Å². The van der Waals surface area contributed by atoms with Crippen LogP contribution >= 0.6 is 24.0 Å². The van der Waals surface area contributed by atoms with Gasteiger partial charge in [0.05, 0.1) is 11.6 Å². The quantitative estimate of drug-likeness (QED) is 0.733. The molecule has 0 spiro atoms. The van der Waals surface area contributed by atoms with Crippen molar-refractivity contribution >= 4 is 35.6 Å². The molecule has 0 saturated carbocycles. The van der Waals surface area contributed by atoms with Crippen molar-refractivity contribution in [3.63, 3.8) is 0 Å². The lowest BCUT2D eigenvalue weighted by molar-refractivity contribution is -0.120. The molecular formula is C12H16Cl2N2O2. The van der Waals surface area contributed by atoms with Gasteiger partial charge in [0.15, 0.2) is 0 Å². The maximum atomic E-state index is 11.9. The zero-order chi connectivity index (χ0) is 12.3. The molecule has 4 nitrogen and oxygen atoms in total. The van der Waals surface area contributed by atoms with Gasteiger partial charge in [-0.15, -0.1) is 12.4 Å². The van der Waals surface area contributed by atoms with Gasteiger partial charge in [-0.2, -0.15) is 0 Å². The Hall–Kier alpha value is -0.970. The molecule has 0 bridgehead atoms. The number of halogens is 2. The second kappa shape index (κ2) is 6.83. The number of amides is 1. The van der Waals surface area contributed by atoms with E-state index in [0.29, 0.717) is 17.3 Å². The number of carbonyl (C=O) groups is 1. The van der Waals surface area contributed by atoms with Gasteiger partial charge in [0.1, 0.15) is 5.75 Å². The summed E-state index contributed by atoms with van der Waals surface area (Å²) in [5.41, 5.74) is 0.369. The van der Waals surface area contributed by atoms with Crippen LogP contribution in [-0.4, -0.2) is 24.1 Å². The van der Waals surface area contributed by atoms with Crippen LogP contribution < -0.4 is 10.6 Å². The van der Waals surface area contributed by atoms with E-state index in [-0.39, 0.29) is 30.0 Å². The number of hydrogen-bond acceptors (Lipinski definition) is 3. The number of aromatic hydroxyl groups is 1. The second-order valence-corrected chi connectivity index (χ2v) is 4.63. The summed E-state index contributed by atoms with van der Waals surface area (Å²) in [6.45, 7) is 1.65. The van der Waals surface area contributed by atoms with E-state index < -0.39 is 0 Å². The number of rotatable bonds is 2. The first kappa shape index (κ1) is 15.1. The van der Waals surface area contributed by atoms with Crippen molar-refractivity contribution in [1.82, 2.24) is 5.32 Å². The summed E-state index contributed by atoms with van der Waals surface area (Å²) >= 11 is 5.81. The molecule has 2 rings (SSSR count). The summed E-state index contributed by atoms with van der Waals surface area (Å²) in [5, 5.41) is 16.0. The molecule has 1 aromatic rings. The molecule has 1 amide bonds. The SMILES string of the molecule is Cl.O=C(Nc1cc(Cl)ccc1O)C1CCCNC1. The maximum Gasteiger partial charge on any atom is 0.228 e. The van der Waals surface area contributed by atoms with Gasteiger partial charge in [-0.3, -0.25) is 4.79 Å². The molecule has 0 radical (unpaired) electrons. The zero-order valence-electron chi connectivity index (χ0n) is 9.78. The predicted molar refractivity (Wildman–Crippen MR) is 74.6 cm³/mol. The van der Waals surface area contributed by atoms with Gasteiger partial charge < -0.3 is 15.7 Å². The van der Waals surface area contributed by atoms with Crippen molar-refractivity contribution in [2.24, 2.45) is 5.92 Å². The Kier molecular flexibility index (Phi) is 5.72. The van der Waals surface area contributed by atoms with Gasteiger partial charge in [-0.25, -0.2) is 0 Å². The van der Waals surface area contributed by atoms with Crippen molar-refractivity contribution in [3.8, 4) is 5.75 Å². The van der Waals surface area contributed by atoms with Crippen LogP contribution in [0.1, 0.15) is 12.8 Å². The van der Waals surface area contributed by atoms with Gasteiger partial charge in [0, 0.05) is 11.6 Å². The Morgan fingerprint density at radius 1 is 1.50 bits per heavy atom. The van der Waals surface area contributed by atoms with Crippen molar-refractivity contribution in [3.05, 3.63) is 23.2 Å². The fourth-order valence-corrected chi connectivity index (χ4v) is 2.09. The Morgan fingerprint density at radius 3 is 2.94 bits per heavy atom. The van der Waals surface area contributed by atoms with Crippen LogP contribution in [0.5, 0.6) is 5.75 Å². The molecule has 1 atom stereocenters. The predicted octanol–water partition coefficient (Wildman–Crippen LogP) is 2.41. The molecule has 1 aliphatic heterocycles. The zero-order valence-corrected chi connectivity index (χ0v) is 11.4. The molecule has 18 heavy (non-hydrogen) atoms. The Labute approximate surface area is 117 Å². The van der Waals surface area contributed by atoms with Crippen LogP contribution in [0.2, 0.25) is 5.02 Å². The number of hydrogen-bond donors (Lipinski definition) is 3. The van der Waals surface area contributed by atoms with Crippen molar-refractivity contribution in [1.29, 1.82) is 0 Å². The van der Waals surface area contributed by atoms with Gasteiger partial charge in [0.2, 0.25) is 5.91 Å². The molecule has 100 valence electrons. The van der Waals surface area contributed by atoms with E-state index in [4.69, 9.17) is 11.6 Å². The van der Waals surface area contributed by atoms with E-state index >= 15 is 0 Å². The summed E-state index contributed by atoms with van der Waals surface area (Å²) in [6, 6.07) is 4.59. The fraction of sp³-hybridized carbons (Fsp3) is 0.417. The topological polar surface area (TPSA) is 61.4 Å². The van der Waals surface area contributed by atoms with Gasteiger partial charge in [-0.1, -0.05) is 11.6 Å². The highest BCUT2D eigenvalue weighted by atomic mass is 35.5. The number of benzene rings is 1. The molecule has 1 fully saturated rings. The number of phenols is 1. The highest BCUT2D eigenvalue weighted by molar-refractivity contribution is 6.31. The molecule has 0 aliphatic carbocycles. The van der Waals surface area contributed by atoms with Gasteiger partial charge in [-0.05, 0) is 37.6 Å². The monoisotopic (exact) mass is 290 g/mol. The standard InChI is InChI=1S/C12H15ClN2O2.ClH/c13-9-3-4-11(16)10(6-9)15-12(17)8-2-1-5-14-7-8;/h3-4,6,8,14,16H,1-2,5,7H2,(H,15,17);1H. The minimum atomic E-state index is -0.0743. The van der Waals surface area contributed by atoms with Crippen LogP contribution in [0.25, 0.3) is 0 Å². The third-order valence-electron chi connectivity index (χ3n) is 2.88. The summed E-state index contributed by atoms with van der Waals surface area (Å²) in [5.74, 6) is -0.0802. The first-order valence-electron chi connectivity index (χ1n) is 5.67. The second-order valence-electron chi connectivity index (χ2n) is 4.19. The first-order valence-corrected chi connectivity index (χ1v) is 6.04. The molecule has 1 saturated heterocycles. The third kappa shape index (κ3) is 3.77. The lowest BCUT2D eigenvalue weighted by Gasteiger charge is -2.22. The lowest BCUT2D eigenvalue weighted by atomic mass is 9.99. The summed E-state index contributed by atoms with van der Waals surface area (Å²) in [6.07, 6.45) is 1.87. The summed E-state index contributed by atoms with van der Waals surface area (Å²) in [4.78, 5) is 11.9. The van der Waals surface area contributed by atoms with Crippen LogP contribution in [0.15, 0.2) is 18.2 Å². The van der Waals surface area contributed by atoms with Crippen molar-refractivity contribution < 1.29 is 9.90 Å². The van der Waals surface area contributed by atoms with E-state index in [1.54, 1.807) is 12.1 Å². The van der Waals surface area contributed by atoms with Crippen LogP contribution in [0, 0.1) is 5.92 Å². The molecule has 3 N–H and O–H groups in total. The molecule has 1 aliphatic rings. The Morgan fingerprint density at radius 2 is 2.28 bits per heavy atom. The van der Waals surface area contributed by atoms with E-state index in [1.807, 2.05) is 0 Å². The van der Waals surface area contributed by atoms with E-state index in [2.05, 4.69) is 10.6 Å². The van der Waals surface area contributed by atoms with Gasteiger partial charge >= 0.3 is 0 Å². The average molecular weight is 291 g/mol. The number of nitrogens with one attached hydrogen (secondary N) is 2. The highest BCUT2D eigenvalue weighted by Crippen LogP contribution is 2.27. The fourth-order valence-electron chi connectivity index (χ4n) is 1.92. The molecule has 1 heterocycles. The lowest BCUT2D eigenvalue weighted by Crippen LogP contribution is -2.37. The van der Waals surface area contributed by atoms with E-state index in [0.717, 1.165) is 19.4 Å². The third-order valence-corrected chi connectivity index (χ3v) is 3.12. The Balaban J connectivity index is 0.00000162. The van der Waals surface area contributed by atoms with Crippen molar-refractivity contribution in [2.75, 3.05) is 18.4 Å². The summed E-state index contributed by atoms with van der Waals surface area (Å²) < 4.78 is 0. The Bertz CT molecular complexity index is 421. The minimum absolute atomic E-state index is 0. The van der Waals surface area contributed by atoms with E-state index in [1.165, 1.54) is 6.07 Å². The van der Waals surface area contributed by atoms with Crippen molar-refractivity contribution in [2.45, 2.75) is 12.8 Å². The first-order chi connectivity index (χ1) is 8.16. The van der Waals surface area contributed by atoms with Crippen LogP contribution in [0.4, 0.5) is 5.69 Å². The number of anilines is 1.